The average Bonchev–Trinajstić information content (AvgIpc) is 3.43. The van der Waals surface area contributed by atoms with E-state index in [0.29, 0.717) is 24.3 Å². The lowest BCUT2D eigenvalue weighted by Crippen LogP contribution is -2.37. The number of aromatic nitrogens is 4. The van der Waals surface area contributed by atoms with E-state index in [2.05, 4.69) is 19.9 Å². The zero-order chi connectivity index (χ0) is 23.2. The van der Waals surface area contributed by atoms with Crippen LogP contribution in [0.2, 0.25) is 0 Å². The molecule has 1 saturated heterocycles. The summed E-state index contributed by atoms with van der Waals surface area (Å²) in [6.07, 6.45) is 5.57. The molecule has 2 aliphatic heterocycles. The van der Waals surface area contributed by atoms with Crippen LogP contribution in [0.3, 0.4) is 0 Å². The predicted octanol–water partition coefficient (Wildman–Crippen LogP) is 3.30. The number of piperidine rings is 1. The van der Waals surface area contributed by atoms with Gasteiger partial charge in [-0.15, -0.1) is 0 Å². The number of aromatic amines is 1. The Kier molecular flexibility index (Phi) is 4.90. The monoisotopic (exact) mass is 458 g/mol. The van der Waals surface area contributed by atoms with Crippen LogP contribution < -0.4 is 15.5 Å². The van der Waals surface area contributed by atoms with Crippen molar-refractivity contribution in [2.24, 2.45) is 0 Å². The highest BCUT2D eigenvalue weighted by Gasteiger charge is 2.28. The van der Waals surface area contributed by atoms with Crippen molar-refractivity contribution in [2.75, 3.05) is 29.4 Å². The molecule has 9 heteroatoms. The Morgan fingerprint density at radius 1 is 1.03 bits per heavy atom. The van der Waals surface area contributed by atoms with E-state index in [4.69, 9.17) is 0 Å². The SMILES string of the molecule is O=C(c1cc(N2CCC(n3c(=O)[nH]c4ncccc43)CC2)ccn1)N1CCc2cc(F)ccc21. The lowest BCUT2D eigenvalue weighted by molar-refractivity contribution is 0.0984. The fraction of sp³-hybridized carbons (Fsp3) is 0.280. The molecule has 5 heterocycles. The summed E-state index contributed by atoms with van der Waals surface area (Å²) in [4.78, 5) is 41.0. The van der Waals surface area contributed by atoms with Crippen molar-refractivity contribution in [1.29, 1.82) is 0 Å². The van der Waals surface area contributed by atoms with Crippen molar-refractivity contribution < 1.29 is 9.18 Å². The van der Waals surface area contributed by atoms with Crippen LogP contribution in [-0.2, 0) is 6.42 Å². The lowest BCUT2D eigenvalue weighted by atomic mass is 10.0. The number of nitrogens with one attached hydrogen (secondary N) is 1. The first-order chi connectivity index (χ1) is 16.6. The third-order valence-corrected chi connectivity index (χ3v) is 6.83. The van der Waals surface area contributed by atoms with Gasteiger partial charge >= 0.3 is 5.69 Å². The Labute approximate surface area is 194 Å². The summed E-state index contributed by atoms with van der Waals surface area (Å²) in [5.74, 6) is -0.470. The highest BCUT2D eigenvalue weighted by molar-refractivity contribution is 6.06. The van der Waals surface area contributed by atoms with Crippen molar-refractivity contribution in [1.82, 2.24) is 19.5 Å². The van der Waals surface area contributed by atoms with E-state index in [0.717, 1.165) is 48.4 Å². The van der Waals surface area contributed by atoms with Crippen LogP contribution in [0.25, 0.3) is 11.2 Å². The minimum Gasteiger partial charge on any atom is -0.371 e. The van der Waals surface area contributed by atoms with Gasteiger partial charge in [0.1, 0.15) is 11.5 Å². The largest absolute Gasteiger partial charge is 0.371 e. The molecule has 0 unspecified atom stereocenters. The fourth-order valence-corrected chi connectivity index (χ4v) is 5.16. The maximum Gasteiger partial charge on any atom is 0.327 e. The minimum absolute atomic E-state index is 0.0890. The first kappa shape index (κ1) is 20.6. The van der Waals surface area contributed by atoms with E-state index in [-0.39, 0.29) is 23.5 Å². The van der Waals surface area contributed by atoms with Gasteiger partial charge in [-0.2, -0.15) is 0 Å². The Balaban J connectivity index is 1.19. The molecule has 1 aromatic carbocycles. The molecule has 6 rings (SSSR count). The summed E-state index contributed by atoms with van der Waals surface area (Å²) >= 11 is 0. The van der Waals surface area contributed by atoms with Gasteiger partial charge in [-0.1, -0.05) is 0 Å². The van der Waals surface area contributed by atoms with Gasteiger partial charge in [0.2, 0.25) is 0 Å². The van der Waals surface area contributed by atoms with Crippen LogP contribution in [-0.4, -0.2) is 45.1 Å². The third-order valence-electron chi connectivity index (χ3n) is 6.83. The molecule has 0 bridgehead atoms. The van der Waals surface area contributed by atoms with Crippen molar-refractivity contribution >= 4 is 28.4 Å². The van der Waals surface area contributed by atoms with E-state index in [1.165, 1.54) is 12.1 Å². The quantitative estimate of drug-likeness (QED) is 0.509. The van der Waals surface area contributed by atoms with Crippen LogP contribution in [0.4, 0.5) is 15.8 Å². The second-order valence-corrected chi connectivity index (χ2v) is 8.77. The Hall–Kier alpha value is -4.01. The molecular weight excluding hydrogens is 435 g/mol. The second-order valence-electron chi connectivity index (χ2n) is 8.77. The predicted molar refractivity (Wildman–Crippen MR) is 127 cm³/mol. The Morgan fingerprint density at radius 2 is 1.88 bits per heavy atom. The van der Waals surface area contributed by atoms with Crippen molar-refractivity contribution in [3.63, 3.8) is 0 Å². The summed E-state index contributed by atoms with van der Waals surface area (Å²) < 4.78 is 15.4. The van der Waals surface area contributed by atoms with Crippen LogP contribution in [0, 0.1) is 5.82 Å². The van der Waals surface area contributed by atoms with Gasteiger partial charge in [0.05, 0.1) is 5.52 Å². The maximum atomic E-state index is 13.5. The molecule has 0 saturated carbocycles. The summed E-state index contributed by atoms with van der Waals surface area (Å²) in [5, 5.41) is 0. The number of amides is 1. The van der Waals surface area contributed by atoms with Crippen molar-refractivity contribution in [3.8, 4) is 0 Å². The normalized spacial score (nSPS) is 16.3. The molecule has 0 radical (unpaired) electrons. The number of carbonyl (C=O) groups excluding carboxylic acids is 1. The summed E-state index contributed by atoms with van der Waals surface area (Å²) in [5.41, 5.74) is 4.20. The van der Waals surface area contributed by atoms with E-state index >= 15 is 0 Å². The van der Waals surface area contributed by atoms with Crippen LogP contribution in [0.1, 0.15) is 34.9 Å². The number of fused-ring (bicyclic) bond motifs is 2. The number of hydrogen-bond acceptors (Lipinski definition) is 5. The van der Waals surface area contributed by atoms with Gasteiger partial charge in [-0.3, -0.25) is 19.3 Å². The number of hydrogen-bond donors (Lipinski definition) is 1. The Morgan fingerprint density at radius 3 is 2.74 bits per heavy atom. The van der Waals surface area contributed by atoms with Crippen LogP contribution in [0.5, 0.6) is 0 Å². The first-order valence-electron chi connectivity index (χ1n) is 11.4. The molecule has 1 fully saturated rings. The van der Waals surface area contributed by atoms with Crippen molar-refractivity contribution in [3.05, 3.63) is 82.4 Å². The number of pyridine rings is 2. The van der Waals surface area contributed by atoms with E-state index in [1.54, 1.807) is 23.4 Å². The van der Waals surface area contributed by atoms with E-state index in [1.807, 2.05) is 28.8 Å². The molecule has 0 spiro atoms. The highest BCUT2D eigenvalue weighted by atomic mass is 19.1. The number of halogens is 1. The molecule has 8 nitrogen and oxygen atoms in total. The van der Waals surface area contributed by atoms with Gasteiger partial charge < -0.3 is 9.80 Å². The first-order valence-corrected chi connectivity index (χ1v) is 11.4. The molecule has 0 atom stereocenters. The number of nitrogens with zero attached hydrogens (tertiary/aromatic N) is 5. The van der Waals surface area contributed by atoms with Gasteiger partial charge in [-0.05, 0) is 67.3 Å². The number of imidazole rings is 1. The molecule has 4 aromatic rings. The molecule has 0 aliphatic carbocycles. The van der Waals surface area contributed by atoms with Gasteiger partial charge in [-0.25, -0.2) is 14.2 Å². The van der Waals surface area contributed by atoms with Gasteiger partial charge in [0.15, 0.2) is 5.65 Å². The van der Waals surface area contributed by atoms with Gasteiger partial charge in [0.25, 0.3) is 5.91 Å². The average molecular weight is 458 g/mol. The lowest BCUT2D eigenvalue weighted by Gasteiger charge is -2.34. The number of carbonyl (C=O) groups is 1. The summed E-state index contributed by atoms with van der Waals surface area (Å²) in [7, 11) is 0. The summed E-state index contributed by atoms with van der Waals surface area (Å²) in [6.45, 7) is 2.03. The second kappa shape index (κ2) is 8.09. The number of anilines is 2. The van der Waals surface area contributed by atoms with E-state index < -0.39 is 0 Å². The van der Waals surface area contributed by atoms with E-state index in [9.17, 15) is 14.0 Å². The molecular formula is C25H23FN6O2. The third kappa shape index (κ3) is 3.44. The standard InChI is InChI=1S/C25H23FN6O2/c26-17-3-4-21-16(14-17)6-13-31(21)24(33)20-15-19(5-10-27-20)30-11-7-18(8-12-30)32-22-2-1-9-28-23(22)29-25(32)34/h1-5,9-10,14-15,18H,6-8,11-13H2,(H,28,29,34). The zero-order valence-electron chi connectivity index (χ0n) is 18.4. The molecule has 2 aliphatic rings. The van der Waals surface area contributed by atoms with Crippen LogP contribution >= 0.6 is 0 Å². The number of benzene rings is 1. The number of H-pyrrole nitrogens is 1. The molecule has 1 N–H and O–H groups in total. The maximum absolute atomic E-state index is 13.5. The molecule has 1 amide bonds. The van der Waals surface area contributed by atoms with Crippen LogP contribution in [0.15, 0.2) is 59.7 Å². The zero-order valence-corrected chi connectivity index (χ0v) is 18.4. The minimum atomic E-state index is -0.289. The number of rotatable bonds is 3. The molecule has 172 valence electrons. The Bertz CT molecular complexity index is 1450. The smallest absolute Gasteiger partial charge is 0.327 e. The van der Waals surface area contributed by atoms with Gasteiger partial charge in [0, 0.05) is 49.4 Å². The topological polar surface area (TPSA) is 87.1 Å². The highest BCUT2D eigenvalue weighted by Crippen LogP contribution is 2.31. The molecule has 3 aromatic heterocycles. The fourth-order valence-electron chi connectivity index (χ4n) is 5.16. The van der Waals surface area contributed by atoms with Crippen molar-refractivity contribution in [2.45, 2.75) is 25.3 Å². The molecule has 34 heavy (non-hydrogen) atoms. The summed E-state index contributed by atoms with van der Waals surface area (Å²) in [6, 6.07) is 12.1.